The first-order valence-corrected chi connectivity index (χ1v) is 15.8. The summed E-state index contributed by atoms with van der Waals surface area (Å²) < 4.78 is 9.48. The van der Waals surface area contributed by atoms with Gasteiger partial charge in [-0.05, 0) is 47.4 Å². The number of para-hydroxylation sites is 2. The lowest BCUT2D eigenvalue weighted by Gasteiger charge is -2.54. The molecule has 0 amide bonds. The molecule has 5 aromatic rings. The second-order valence-electron chi connectivity index (χ2n) is 12.4. The maximum atomic E-state index is 15.1. The van der Waals surface area contributed by atoms with E-state index in [0.717, 1.165) is 4.57 Å². The zero-order valence-corrected chi connectivity index (χ0v) is 26.0. The third kappa shape index (κ3) is 4.03. The van der Waals surface area contributed by atoms with Crippen LogP contribution in [-0.4, -0.2) is 37.7 Å². The van der Waals surface area contributed by atoms with Crippen molar-refractivity contribution >= 4 is 17.1 Å². The first kappa shape index (κ1) is 29.4. The van der Waals surface area contributed by atoms with Crippen molar-refractivity contribution in [1.82, 2.24) is 13.9 Å². The molecule has 4 unspecified atom stereocenters. The molecule has 1 aliphatic heterocycles. The predicted octanol–water partition coefficient (Wildman–Crippen LogP) is 4.97. The van der Waals surface area contributed by atoms with Crippen LogP contribution in [0.25, 0.3) is 11.3 Å². The number of phenolic OH excluding ortho intramolecular Hbond substituents is 1. The van der Waals surface area contributed by atoms with Gasteiger partial charge in [-0.1, -0.05) is 97.1 Å². The van der Waals surface area contributed by atoms with Crippen LogP contribution in [0.2, 0.25) is 0 Å². The lowest BCUT2D eigenvalue weighted by atomic mass is 9.47. The zero-order valence-electron chi connectivity index (χ0n) is 26.0. The molecule has 2 heterocycles. The SMILES string of the molecule is COc1cccc(C2C3=CCn4c(=O)n(-c5ccccc5)c(=O)n4C3CC3C(=O)C(c4ccccc4)=CC(=O)C32c2ccccc2)c1O. The van der Waals surface area contributed by atoms with E-state index in [-0.39, 0.29) is 36.0 Å². The van der Waals surface area contributed by atoms with E-state index in [1.54, 1.807) is 60.7 Å². The minimum atomic E-state index is -1.48. The highest BCUT2D eigenvalue weighted by Gasteiger charge is 2.63. The van der Waals surface area contributed by atoms with E-state index in [0.29, 0.717) is 33.5 Å². The molecule has 9 nitrogen and oxygen atoms in total. The molecule has 4 atom stereocenters. The van der Waals surface area contributed by atoms with E-state index in [2.05, 4.69) is 0 Å². The van der Waals surface area contributed by atoms with Gasteiger partial charge in [0.2, 0.25) is 0 Å². The number of aromatic hydroxyl groups is 1. The number of rotatable bonds is 5. The molecule has 8 rings (SSSR count). The topological polar surface area (TPSA) is 113 Å². The second-order valence-corrected chi connectivity index (χ2v) is 12.4. The first-order chi connectivity index (χ1) is 23.4. The number of methoxy groups -OCH3 is 1. The molecule has 0 radical (unpaired) electrons. The Morgan fingerprint density at radius 3 is 2.15 bits per heavy atom. The van der Waals surface area contributed by atoms with Crippen molar-refractivity contribution < 1.29 is 19.4 Å². The normalized spacial score (nSPS) is 23.0. The molecule has 2 aliphatic carbocycles. The number of carbonyl (C=O) groups excluding carboxylic acids is 2. The summed E-state index contributed by atoms with van der Waals surface area (Å²) in [6, 6.07) is 31.3. The highest BCUT2D eigenvalue weighted by Crippen LogP contribution is 2.62. The molecule has 3 aliphatic rings. The van der Waals surface area contributed by atoms with Gasteiger partial charge in [0.15, 0.2) is 23.1 Å². The number of ketones is 2. The quantitative estimate of drug-likeness (QED) is 0.273. The predicted molar refractivity (Wildman–Crippen MR) is 179 cm³/mol. The number of Topliss-reactive ketones (excluding diaryl/α,β-unsaturated/α-hetero) is 1. The van der Waals surface area contributed by atoms with Crippen molar-refractivity contribution in [2.45, 2.75) is 30.3 Å². The minimum Gasteiger partial charge on any atom is -0.504 e. The van der Waals surface area contributed by atoms with Crippen LogP contribution in [-0.2, 0) is 21.5 Å². The standard InChI is InChI=1S/C39H31N3O6/c1-48-32-19-11-18-28(36(32)45)34-27-20-21-40-37(46)41(26-16-9-4-10-17-26)38(47)42(40)31(27)23-30-35(44)29(24-12-5-2-6-13-24)22-33(43)39(30,34)25-14-7-3-8-15-25/h2-20,22,30-31,34,45H,21,23H2,1H3. The Bertz CT molecular complexity index is 2280. The highest BCUT2D eigenvalue weighted by atomic mass is 16.5. The van der Waals surface area contributed by atoms with Gasteiger partial charge in [0.1, 0.15) is 0 Å². The van der Waals surface area contributed by atoms with Crippen LogP contribution in [0.1, 0.15) is 35.1 Å². The number of nitrogens with zero attached hydrogens (tertiary/aromatic N) is 3. The summed E-state index contributed by atoms with van der Waals surface area (Å²) in [5.41, 5.74) is 0.504. The van der Waals surface area contributed by atoms with E-state index < -0.39 is 34.7 Å². The van der Waals surface area contributed by atoms with E-state index in [1.165, 1.54) is 22.5 Å². The van der Waals surface area contributed by atoms with E-state index >= 15 is 4.79 Å². The number of ether oxygens (including phenoxy) is 1. The second kappa shape index (κ2) is 11.1. The molecule has 48 heavy (non-hydrogen) atoms. The molecule has 1 N–H and O–H groups in total. The lowest BCUT2D eigenvalue weighted by molar-refractivity contribution is -0.133. The van der Waals surface area contributed by atoms with Crippen LogP contribution in [0, 0.1) is 5.92 Å². The molecule has 238 valence electrons. The molecule has 1 aromatic heterocycles. The summed E-state index contributed by atoms with van der Waals surface area (Å²) in [6.45, 7) is 0.0593. The molecule has 1 fully saturated rings. The molecular formula is C39H31N3O6. The van der Waals surface area contributed by atoms with E-state index in [4.69, 9.17) is 4.74 Å². The molecular weight excluding hydrogens is 606 g/mol. The number of hydrogen-bond acceptors (Lipinski definition) is 6. The fourth-order valence-corrected chi connectivity index (χ4v) is 8.22. The third-order valence-corrected chi connectivity index (χ3v) is 10.2. The van der Waals surface area contributed by atoms with Gasteiger partial charge in [-0.2, -0.15) is 0 Å². The van der Waals surface area contributed by atoms with Gasteiger partial charge < -0.3 is 9.84 Å². The van der Waals surface area contributed by atoms with Gasteiger partial charge in [0.25, 0.3) is 0 Å². The van der Waals surface area contributed by atoms with Crippen molar-refractivity contribution in [3.63, 3.8) is 0 Å². The fourth-order valence-electron chi connectivity index (χ4n) is 8.22. The van der Waals surface area contributed by atoms with Crippen LogP contribution in [0.15, 0.2) is 137 Å². The third-order valence-electron chi connectivity index (χ3n) is 10.2. The molecule has 4 aromatic carbocycles. The Labute approximate surface area is 275 Å². The van der Waals surface area contributed by atoms with Crippen LogP contribution in [0.3, 0.4) is 0 Å². The number of carbonyl (C=O) groups is 2. The van der Waals surface area contributed by atoms with Crippen molar-refractivity contribution in [3.8, 4) is 17.2 Å². The summed E-state index contributed by atoms with van der Waals surface area (Å²) in [6.07, 6.45) is 3.40. The minimum absolute atomic E-state index is 0.0593. The molecule has 0 bridgehead atoms. The van der Waals surface area contributed by atoms with Crippen LogP contribution in [0.4, 0.5) is 0 Å². The van der Waals surface area contributed by atoms with Crippen molar-refractivity contribution in [3.05, 3.63) is 165 Å². The maximum absolute atomic E-state index is 15.1. The van der Waals surface area contributed by atoms with Gasteiger partial charge >= 0.3 is 11.4 Å². The Balaban J connectivity index is 1.44. The van der Waals surface area contributed by atoms with Gasteiger partial charge in [0, 0.05) is 23.0 Å². The smallest absolute Gasteiger partial charge is 0.352 e. The van der Waals surface area contributed by atoms with E-state index in [1.807, 2.05) is 54.6 Å². The lowest BCUT2D eigenvalue weighted by Crippen LogP contribution is -2.58. The van der Waals surface area contributed by atoms with Crippen LogP contribution >= 0.6 is 0 Å². The van der Waals surface area contributed by atoms with E-state index in [9.17, 15) is 19.5 Å². The van der Waals surface area contributed by atoms with Crippen molar-refractivity contribution in [2.24, 2.45) is 5.92 Å². The molecule has 0 saturated heterocycles. The number of benzene rings is 4. The number of hydrogen-bond donors (Lipinski definition) is 1. The Morgan fingerprint density at radius 2 is 1.46 bits per heavy atom. The number of allylic oxidation sites excluding steroid dienone is 4. The summed E-state index contributed by atoms with van der Waals surface area (Å²) >= 11 is 0. The molecule has 9 heteroatoms. The highest BCUT2D eigenvalue weighted by molar-refractivity contribution is 6.31. The Morgan fingerprint density at radius 1 is 0.792 bits per heavy atom. The Kier molecular flexibility index (Phi) is 6.80. The maximum Gasteiger partial charge on any atom is 0.352 e. The van der Waals surface area contributed by atoms with Crippen molar-refractivity contribution in [2.75, 3.05) is 7.11 Å². The van der Waals surface area contributed by atoms with Crippen molar-refractivity contribution in [1.29, 1.82) is 0 Å². The van der Waals surface area contributed by atoms with Gasteiger partial charge in [-0.25, -0.2) is 23.5 Å². The number of fused-ring (bicyclic) bond motifs is 4. The average molecular weight is 638 g/mol. The summed E-state index contributed by atoms with van der Waals surface area (Å²) in [5.74, 6) is -2.31. The monoisotopic (exact) mass is 637 g/mol. The summed E-state index contributed by atoms with van der Waals surface area (Å²) in [4.78, 5) is 58.1. The molecule has 0 spiro atoms. The zero-order chi connectivity index (χ0) is 33.2. The van der Waals surface area contributed by atoms with Gasteiger partial charge in [0.05, 0.1) is 30.8 Å². The average Bonchev–Trinajstić information content (AvgIpc) is 3.39. The summed E-state index contributed by atoms with van der Waals surface area (Å²) in [7, 11) is 1.45. The van der Waals surface area contributed by atoms with Gasteiger partial charge in [-0.15, -0.1) is 0 Å². The molecule has 1 saturated carbocycles. The Hall–Kier alpha value is -5.96. The van der Waals surface area contributed by atoms with Crippen LogP contribution < -0.4 is 16.1 Å². The number of phenols is 1. The first-order valence-electron chi connectivity index (χ1n) is 15.8. The fraction of sp³-hybridized carbons (Fsp3) is 0.179. The number of aromatic nitrogens is 3. The van der Waals surface area contributed by atoms with Gasteiger partial charge in [-0.3, -0.25) is 9.59 Å². The van der Waals surface area contributed by atoms with Crippen LogP contribution in [0.5, 0.6) is 11.5 Å². The summed E-state index contributed by atoms with van der Waals surface area (Å²) in [5, 5.41) is 11.7. The largest absolute Gasteiger partial charge is 0.504 e.